The van der Waals surface area contributed by atoms with Gasteiger partial charge in [-0.15, -0.1) is 0 Å². The van der Waals surface area contributed by atoms with Crippen molar-refractivity contribution in [3.8, 4) is 0 Å². The zero-order valence-electron chi connectivity index (χ0n) is 14.7. The lowest BCUT2D eigenvalue weighted by molar-refractivity contribution is -0.136. The largest absolute Gasteiger partial charge is 0.468 e. The number of hydrogen-bond acceptors (Lipinski definition) is 4. The third-order valence-corrected chi connectivity index (χ3v) is 4.89. The van der Waals surface area contributed by atoms with Gasteiger partial charge in [0, 0.05) is 12.2 Å². The van der Waals surface area contributed by atoms with Gasteiger partial charge in [0.15, 0.2) is 0 Å². The zero-order valence-corrected chi connectivity index (χ0v) is 15.5. The molecule has 1 saturated heterocycles. The third kappa shape index (κ3) is 5.55. The summed E-state index contributed by atoms with van der Waals surface area (Å²) in [5, 5.41) is 4.96. The number of likely N-dealkylation sites (tertiary alicyclic amines) is 1. The van der Waals surface area contributed by atoms with E-state index in [0.29, 0.717) is 12.5 Å². The van der Waals surface area contributed by atoms with E-state index in [1.165, 1.54) is 12.1 Å². The van der Waals surface area contributed by atoms with Gasteiger partial charge in [-0.25, -0.2) is 4.39 Å². The van der Waals surface area contributed by atoms with Crippen LogP contribution in [0.3, 0.4) is 0 Å². The Morgan fingerprint density at radius 1 is 1.22 bits per heavy atom. The average molecular weight is 394 g/mol. The lowest BCUT2D eigenvalue weighted by atomic mass is 9.96. The maximum atomic E-state index is 13.1. The molecule has 1 aromatic carbocycles. The Morgan fingerprint density at radius 2 is 2.00 bits per heavy atom. The first-order valence-electron chi connectivity index (χ1n) is 8.80. The molecule has 1 fully saturated rings. The molecule has 144 valence electrons. The summed E-state index contributed by atoms with van der Waals surface area (Å²) in [7, 11) is 0. The van der Waals surface area contributed by atoms with Gasteiger partial charge >= 0.3 is 11.8 Å². The number of halogens is 2. The van der Waals surface area contributed by atoms with E-state index in [1.807, 2.05) is 12.1 Å². The number of piperidine rings is 1. The molecule has 1 aliphatic heterocycles. The Hall–Kier alpha value is -2.38. The molecule has 2 aromatic rings. The lowest BCUT2D eigenvalue weighted by Crippen LogP contribution is -2.41. The van der Waals surface area contributed by atoms with E-state index in [9.17, 15) is 14.0 Å². The fourth-order valence-electron chi connectivity index (χ4n) is 3.05. The second kappa shape index (κ2) is 9.01. The number of rotatable bonds is 5. The molecule has 2 heterocycles. The van der Waals surface area contributed by atoms with Gasteiger partial charge in [0.1, 0.15) is 11.6 Å². The number of benzene rings is 1. The van der Waals surface area contributed by atoms with E-state index in [1.54, 1.807) is 6.26 Å². The van der Waals surface area contributed by atoms with Crippen LogP contribution in [-0.2, 0) is 16.1 Å². The summed E-state index contributed by atoms with van der Waals surface area (Å²) in [5.74, 6) is -0.826. The summed E-state index contributed by atoms with van der Waals surface area (Å²) in [6, 6.07) is 7.58. The number of nitrogens with zero attached hydrogens (tertiary/aromatic N) is 1. The first kappa shape index (κ1) is 19.4. The predicted molar refractivity (Wildman–Crippen MR) is 99.8 cm³/mol. The van der Waals surface area contributed by atoms with Crippen LogP contribution in [0, 0.1) is 11.7 Å². The van der Waals surface area contributed by atoms with Crippen molar-refractivity contribution in [1.82, 2.24) is 10.2 Å². The van der Waals surface area contributed by atoms with Crippen molar-refractivity contribution < 1.29 is 18.4 Å². The first-order chi connectivity index (χ1) is 13.0. The van der Waals surface area contributed by atoms with E-state index in [4.69, 9.17) is 16.0 Å². The number of amides is 2. The quantitative estimate of drug-likeness (QED) is 0.766. The van der Waals surface area contributed by atoms with Crippen LogP contribution in [0.25, 0.3) is 0 Å². The molecule has 0 spiro atoms. The Labute approximate surface area is 161 Å². The van der Waals surface area contributed by atoms with Crippen LogP contribution in [0.2, 0.25) is 5.02 Å². The number of hydrogen-bond donors (Lipinski definition) is 2. The molecule has 0 bridgehead atoms. The minimum atomic E-state index is -0.798. The summed E-state index contributed by atoms with van der Waals surface area (Å²) in [6.07, 6.45) is 3.55. The van der Waals surface area contributed by atoms with Gasteiger partial charge in [0.2, 0.25) is 0 Å². The molecule has 6 nitrogen and oxygen atoms in total. The second-order valence-electron chi connectivity index (χ2n) is 6.59. The summed E-state index contributed by atoms with van der Waals surface area (Å²) in [4.78, 5) is 26.2. The van der Waals surface area contributed by atoms with Crippen LogP contribution < -0.4 is 10.6 Å². The van der Waals surface area contributed by atoms with Crippen molar-refractivity contribution in [1.29, 1.82) is 0 Å². The molecule has 1 aliphatic rings. The van der Waals surface area contributed by atoms with Gasteiger partial charge in [-0.05, 0) is 62.2 Å². The van der Waals surface area contributed by atoms with Crippen molar-refractivity contribution in [2.45, 2.75) is 19.4 Å². The third-order valence-electron chi connectivity index (χ3n) is 4.60. The standard InChI is InChI=1S/C19H21ClFN3O3/c20-16-10-14(3-4-17(16)21)23-19(26)18(25)22-11-13-5-7-24(8-6-13)12-15-2-1-9-27-15/h1-4,9-10,13H,5-8,11-12H2,(H,22,25)(H,23,26). The maximum Gasteiger partial charge on any atom is 0.313 e. The van der Waals surface area contributed by atoms with Crippen LogP contribution in [0.1, 0.15) is 18.6 Å². The molecule has 0 unspecified atom stereocenters. The average Bonchev–Trinajstić information content (AvgIpc) is 3.17. The van der Waals surface area contributed by atoms with E-state index >= 15 is 0 Å². The van der Waals surface area contributed by atoms with E-state index in [-0.39, 0.29) is 10.7 Å². The summed E-state index contributed by atoms with van der Waals surface area (Å²) in [6.45, 7) is 3.07. The van der Waals surface area contributed by atoms with Crippen LogP contribution >= 0.6 is 11.6 Å². The number of anilines is 1. The summed E-state index contributed by atoms with van der Waals surface area (Å²) in [5.41, 5.74) is 0.271. The minimum absolute atomic E-state index is 0.116. The highest BCUT2D eigenvalue weighted by atomic mass is 35.5. The van der Waals surface area contributed by atoms with Crippen molar-refractivity contribution in [2.24, 2.45) is 5.92 Å². The van der Waals surface area contributed by atoms with Gasteiger partial charge in [-0.3, -0.25) is 14.5 Å². The van der Waals surface area contributed by atoms with Crippen LogP contribution in [-0.4, -0.2) is 36.3 Å². The predicted octanol–water partition coefficient (Wildman–Crippen LogP) is 3.04. The van der Waals surface area contributed by atoms with E-state index in [2.05, 4.69) is 15.5 Å². The monoisotopic (exact) mass is 393 g/mol. The van der Waals surface area contributed by atoms with Crippen molar-refractivity contribution in [3.63, 3.8) is 0 Å². The van der Waals surface area contributed by atoms with Gasteiger partial charge in [0.25, 0.3) is 0 Å². The molecule has 2 N–H and O–H groups in total. The molecule has 0 atom stereocenters. The summed E-state index contributed by atoms with van der Waals surface area (Å²) >= 11 is 5.66. The molecular formula is C19H21ClFN3O3. The van der Waals surface area contributed by atoms with E-state index in [0.717, 1.165) is 44.3 Å². The zero-order chi connectivity index (χ0) is 19.2. The molecule has 3 rings (SSSR count). The Morgan fingerprint density at radius 3 is 2.67 bits per heavy atom. The fourth-order valence-corrected chi connectivity index (χ4v) is 3.23. The van der Waals surface area contributed by atoms with Gasteiger partial charge in [-0.1, -0.05) is 11.6 Å². The molecule has 1 aromatic heterocycles. The molecule has 0 aliphatic carbocycles. The Kier molecular flexibility index (Phi) is 6.47. The van der Waals surface area contributed by atoms with Gasteiger partial charge in [0.05, 0.1) is 17.8 Å². The second-order valence-corrected chi connectivity index (χ2v) is 7.00. The normalized spacial score (nSPS) is 15.5. The van der Waals surface area contributed by atoms with Crippen molar-refractivity contribution >= 4 is 29.1 Å². The molecule has 2 amide bonds. The fraction of sp³-hybridized carbons (Fsp3) is 0.368. The molecular weight excluding hydrogens is 373 g/mol. The first-order valence-corrected chi connectivity index (χ1v) is 9.18. The number of nitrogens with one attached hydrogen (secondary N) is 2. The van der Waals surface area contributed by atoms with Crippen LogP contribution in [0.4, 0.5) is 10.1 Å². The number of carbonyl (C=O) groups is 2. The molecule has 0 saturated carbocycles. The molecule has 0 radical (unpaired) electrons. The summed E-state index contributed by atoms with van der Waals surface area (Å²) < 4.78 is 18.5. The molecule has 8 heteroatoms. The maximum absolute atomic E-state index is 13.1. The highest BCUT2D eigenvalue weighted by molar-refractivity contribution is 6.39. The van der Waals surface area contributed by atoms with Gasteiger partial charge < -0.3 is 15.1 Å². The van der Waals surface area contributed by atoms with Crippen LogP contribution in [0.15, 0.2) is 41.0 Å². The Bertz CT molecular complexity index is 790. The highest BCUT2D eigenvalue weighted by Crippen LogP contribution is 2.20. The topological polar surface area (TPSA) is 74.6 Å². The molecule has 27 heavy (non-hydrogen) atoms. The van der Waals surface area contributed by atoms with Crippen molar-refractivity contribution in [3.05, 3.63) is 53.2 Å². The minimum Gasteiger partial charge on any atom is -0.468 e. The number of furan rings is 1. The smallest absolute Gasteiger partial charge is 0.313 e. The van der Waals surface area contributed by atoms with Crippen LogP contribution in [0.5, 0.6) is 0 Å². The SMILES string of the molecule is O=C(NCC1CCN(Cc2ccco2)CC1)C(=O)Nc1ccc(F)c(Cl)c1. The van der Waals surface area contributed by atoms with E-state index < -0.39 is 17.6 Å². The Balaban J connectivity index is 1.38. The number of carbonyl (C=O) groups excluding carboxylic acids is 2. The lowest BCUT2D eigenvalue weighted by Gasteiger charge is -2.31. The van der Waals surface area contributed by atoms with Gasteiger partial charge in [-0.2, -0.15) is 0 Å². The highest BCUT2D eigenvalue weighted by Gasteiger charge is 2.22. The van der Waals surface area contributed by atoms with Crippen molar-refractivity contribution in [2.75, 3.05) is 25.0 Å².